The highest BCUT2D eigenvalue weighted by molar-refractivity contribution is 9.10. The number of hydrogen-bond donors (Lipinski definition) is 0. The molecule has 0 bridgehead atoms. The minimum absolute atomic E-state index is 0.214. The summed E-state index contributed by atoms with van der Waals surface area (Å²) >= 11 is 3.42. The lowest BCUT2D eigenvalue weighted by Crippen LogP contribution is -2.51. The van der Waals surface area contributed by atoms with Crippen LogP contribution in [-0.4, -0.2) is 54.5 Å². The van der Waals surface area contributed by atoms with E-state index in [-0.39, 0.29) is 5.91 Å². The standard InChI is InChI=1S/C18H25BrN2O2/c19-15-4-3-7-17(14-15)23-13-8-18(22)21-11-9-20(10-12-21)16-5-1-2-6-16/h3-4,7,14,16H,1-2,5-6,8-13H2. The van der Waals surface area contributed by atoms with Crippen LogP contribution in [0.2, 0.25) is 0 Å². The van der Waals surface area contributed by atoms with Gasteiger partial charge in [-0.2, -0.15) is 0 Å². The second-order valence-corrected chi connectivity index (χ2v) is 7.33. The number of hydrogen-bond acceptors (Lipinski definition) is 3. The molecule has 1 aliphatic heterocycles. The highest BCUT2D eigenvalue weighted by atomic mass is 79.9. The first-order valence-corrected chi connectivity index (χ1v) is 9.42. The minimum atomic E-state index is 0.214. The Labute approximate surface area is 146 Å². The molecule has 2 aliphatic rings. The van der Waals surface area contributed by atoms with Crippen LogP contribution in [0.5, 0.6) is 5.75 Å². The molecule has 1 aromatic rings. The summed E-state index contributed by atoms with van der Waals surface area (Å²) in [6, 6.07) is 8.50. The molecule has 1 saturated heterocycles. The summed E-state index contributed by atoms with van der Waals surface area (Å²) in [5, 5.41) is 0. The van der Waals surface area contributed by atoms with Crippen LogP contribution < -0.4 is 4.74 Å². The van der Waals surface area contributed by atoms with E-state index in [2.05, 4.69) is 20.8 Å². The molecule has 1 aromatic carbocycles. The molecule has 1 amide bonds. The van der Waals surface area contributed by atoms with Gasteiger partial charge < -0.3 is 9.64 Å². The lowest BCUT2D eigenvalue weighted by molar-refractivity contribution is -0.133. The first-order valence-electron chi connectivity index (χ1n) is 8.62. The molecule has 0 aromatic heterocycles. The van der Waals surface area contributed by atoms with E-state index in [0.717, 1.165) is 42.4 Å². The molecule has 1 aliphatic carbocycles. The van der Waals surface area contributed by atoms with Crippen LogP contribution in [0, 0.1) is 0 Å². The number of carbonyl (C=O) groups is 1. The Kier molecular flexibility index (Phi) is 5.95. The van der Waals surface area contributed by atoms with E-state index in [4.69, 9.17) is 4.74 Å². The summed E-state index contributed by atoms with van der Waals surface area (Å²) in [5.74, 6) is 1.02. The topological polar surface area (TPSA) is 32.8 Å². The van der Waals surface area contributed by atoms with Gasteiger partial charge in [-0.05, 0) is 31.0 Å². The number of benzene rings is 1. The minimum Gasteiger partial charge on any atom is -0.493 e. The predicted molar refractivity (Wildman–Crippen MR) is 94.7 cm³/mol. The lowest BCUT2D eigenvalue weighted by atomic mass is 10.2. The fraction of sp³-hybridized carbons (Fsp3) is 0.611. The molecule has 0 spiro atoms. The molecular weight excluding hydrogens is 356 g/mol. The third-order valence-corrected chi connectivity index (χ3v) is 5.38. The van der Waals surface area contributed by atoms with Crippen LogP contribution >= 0.6 is 15.9 Å². The average molecular weight is 381 g/mol. The van der Waals surface area contributed by atoms with Gasteiger partial charge in [0.25, 0.3) is 0 Å². The Bertz CT molecular complexity index is 524. The van der Waals surface area contributed by atoms with Crippen LogP contribution in [0.1, 0.15) is 32.1 Å². The highest BCUT2D eigenvalue weighted by Gasteiger charge is 2.27. The molecule has 126 valence electrons. The van der Waals surface area contributed by atoms with Crippen LogP contribution in [0.15, 0.2) is 28.7 Å². The van der Waals surface area contributed by atoms with Crippen LogP contribution in [0.4, 0.5) is 0 Å². The van der Waals surface area contributed by atoms with Crippen molar-refractivity contribution in [3.8, 4) is 5.75 Å². The number of carbonyl (C=O) groups excluding carboxylic acids is 1. The molecule has 2 fully saturated rings. The second-order valence-electron chi connectivity index (χ2n) is 6.41. The lowest BCUT2D eigenvalue weighted by Gasteiger charge is -2.38. The maximum Gasteiger partial charge on any atom is 0.226 e. The van der Waals surface area contributed by atoms with Crippen molar-refractivity contribution in [3.63, 3.8) is 0 Å². The summed E-state index contributed by atoms with van der Waals surface area (Å²) in [6.07, 6.45) is 5.88. The van der Waals surface area contributed by atoms with Crippen molar-refractivity contribution in [1.29, 1.82) is 0 Å². The molecule has 0 N–H and O–H groups in total. The molecule has 0 radical (unpaired) electrons. The highest BCUT2D eigenvalue weighted by Crippen LogP contribution is 2.24. The number of ether oxygens (including phenoxy) is 1. The fourth-order valence-electron chi connectivity index (χ4n) is 3.58. The summed E-state index contributed by atoms with van der Waals surface area (Å²) in [6.45, 7) is 4.24. The van der Waals surface area contributed by atoms with Crippen molar-refractivity contribution in [3.05, 3.63) is 28.7 Å². The van der Waals surface area contributed by atoms with Crippen molar-refractivity contribution in [1.82, 2.24) is 9.80 Å². The van der Waals surface area contributed by atoms with Crippen molar-refractivity contribution in [2.75, 3.05) is 32.8 Å². The van der Waals surface area contributed by atoms with Gasteiger partial charge in [0.1, 0.15) is 5.75 Å². The van der Waals surface area contributed by atoms with Gasteiger partial charge in [-0.15, -0.1) is 0 Å². The van der Waals surface area contributed by atoms with Gasteiger partial charge >= 0.3 is 0 Å². The predicted octanol–water partition coefficient (Wildman–Crippen LogP) is 3.30. The Hall–Kier alpha value is -1.07. The Morgan fingerprint density at radius 2 is 1.91 bits per heavy atom. The number of halogens is 1. The van der Waals surface area contributed by atoms with Gasteiger partial charge in [-0.3, -0.25) is 9.69 Å². The van der Waals surface area contributed by atoms with E-state index in [9.17, 15) is 4.79 Å². The number of nitrogens with zero attached hydrogens (tertiary/aromatic N) is 2. The second kappa shape index (κ2) is 8.15. The summed E-state index contributed by atoms with van der Waals surface area (Å²) in [7, 11) is 0. The third kappa shape index (κ3) is 4.70. The first kappa shape index (κ1) is 16.8. The maximum atomic E-state index is 12.3. The molecule has 4 nitrogen and oxygen atoms in total. The van der Waals surface area contributed by atoms with E-state index < -0.39 is 0 Å². The Morgan fingerprint density at radius 3 is 2.61 bits per heavy atom. The molecule has 1 heterocycles. The average Bonchev–Trinajstić information content (AvgIpc) is 3.09. The molecule has 1 saturated carbocycles. The van der Waals surface area contributed by atoms with Gasteiger partial charge in [0, 0.05) is 36.7 Å². The largest absolute Gasteiger partial charge is 0.493 e. The molecule has 3 rings (SSSR count). The van der Waals surface area contributed by atoms with Gasteiger partial charge in [0.2, 0.25) is 5.91 Å². The molecular formula is C18H25BrN2O2. The first-order chi connectivity index (χ1) is 11.2. The fourth-order valence-corrected chi connectivity index (χ4v) is 3.96. The summed E-state index contributed by atoms with van der Waals surface area (Å²) < 4.78 is 6.65. The van der Waals surface area contributed by atoms with Crippen molar-refractivity contribution in [2.45, 2.75) is 38.1 Å². The monoisotopic (exact) mass is 380 g/mol. The molecule has 23 heavy (non-hydrogen) atoms. The van der Waals surface area contributed by atoms with Gasteiger partial charge in [0.15, 0.2) is 0 Å². The van der Waals surface area contributed by atoms with E-state index in [0.29, 0.717) is 13.0 Å². The quantitative estimate of drug-likeness (QED) is 0.785. The SMILES string of the molecule is O=C(CCOc1cccc(Br)c1)N1CCN(C2CCCC2)CC1. The number of amides is 1. The molecule has 0 unspecified atom stereocenters. The normalized spacial score (nSPS) is 20.0. The van der Waals surface area contributed by atoms with Gasteiger partial charge in [0.05, 0.1) is 13.0 Å². The van der Waals surface area contributed by atoms with Gasteiger partial charge in [-0.1, -0.05) is 34.8 Å². The van der Waals surface area contributed by atoms with Crippen molar-refractivity contribution in [2.24, 2.45) is 0 Å². The Balaban J connectivity index is 1.37. The van der Waals surface area contributed by atoms with Crippen molar-refractivity contribution < 1.29 is 9.53 Å². The maximum absolute atomic E-state index is 12.3. The van der Waals surface area contributed by atoms with Gasteiger partial charge in [-0.25, -0.2) is 0 Å². The van der Waals surface area contributed by atoms with E-state index in [1.165, 1.54) is 25.7 Å². The Morgan fingerprint density at radius 1 is 1.17 bits per heavy atom. The number of rotatable bonds is 5. The van der Waals surface area contributed by atoms with E-state index >= 15 is 0 Å². The van der Waals surface area contributed by atoms with E-state index in [1.54, 1.807) is 0 Å². The zero-order chi connectivity index (χ0) is 16.1. The summed E-state index contributed by atoms with van der Waals surface area (Å²) in [4.78, 5) is 16.9. The van der Waals surface area contributed by atoms with Crippen LogP contribution in [0.3, 0.4) is 0 Å². The van der Waals surface area contributed by atoms with Crippen LogP contribution in [-0.2, 0) is 4.79 Å². The molecule has 0 atom stereocenters. The van der Waals surface area contributed by atoms with Crippen molar-refractivity contribution >= 4 is 21.8 Å². The van der Waals surface area contributed by atoms with Crippen LogP contribution in [0.25, 0.3) is 0 Å². The molecule has 5 heteroatoms. The smallest absolute Gasteiger partial charge is 0.226 e. The third-order valence-electron chi connectivity index (χ3n) is 4.89. The number of piperazine rings is 1. The summed E-state index contributed by atoms with van der Waals surface area (Å²) in [5.41, 5.74) is 0. The zero-order valence-electron chi connectivity index (χ0n) is 13.5. The van der Waals surface area contributed by atoms with E-state index in [1.807, 2.05) is 29.2 Å². The zero-order valence-corrected chi connectivity index (χ0v) is 15.1.